The SMILES string of the molecule is C=C(C)C(=C)NCC(=C)c1cccnc1.COc1ccc(N2CCCCC2)c(C)c1C. The lowest BCUT2D eigenvalue weighted by Crippen LogP contribution is -2.30. The van der Waals surface area contributed by atoms with E-state index in [1.807, 2.05) is 19.1 Å². The number of hydrogen-bond donors (Lipinski definition) is 1. The fourth-order valence-corrected chi connectivity index (χ4v) is 3.52. The van der Waals surface area contributed by atoms with Gasteiger partial charge in [-0.2, -0.15) is 0 Å². The number of nitrogens with zero attached hydrogens (tertiary/aromatic N) is 2. The van der Waals surface area contributed by atoms with Crippen LogP contribution in [0.2, 0.25) is 0 Å². The Kier molecular flexibility index (Phi) is 9.39. The molecule has 1 saturated heterocycles. The van der Waals surface area contributed by atoms with Gasteiger partial charge in [-0.3, -0.25) is 4.98 Å². The van der Waals surface area contributed by atoms with Crippen molar-refractivity contribution < 1.29 is 4.74 Å². The highest BCUT2D eigenvalue weighted by Gasteiger charge is 2.15. The van der Waals surface area contributed by atoms with Crippen LogP contribution in [-0.2, 0) is 0 Å². The molecule has 1 fully saturated rings. The second kappa shape index (κ2) is 12.0. The molecule has 0 unspecified atom stereocenters. The van der Waals surface area contributed by atoms with E-state index in [0.29, 0.717) is 6.54 Å². The fraction of sp³-hybridized carbons (Fsp3) is 0.370. The van der Waals surface area contributed by atoms with Crippen LogP contribution in [0.1, 0.15) is 42.9 Å². The molecule has 4 nitrogen and oxygen atoms in total. The average molecular weight is 420 g/mol. The number of pyridine rings is 1. The summed E-state index contributed by atoms with van der Waals surface area (Å²) in [6.07, 6.45) is 7.57. The minimum absolute atomic E-state index is 0.664. The van der Waals surface area contributed by atoms with Crippen molar-refractivity contribution in [1.82, 2.24) is 10.3 Å². The van der Waals surface area contributed by atoms with E-state index in [1.165, 1.54) is 49.2 Å². The smallest absolute Gasteiger partial charge is 0.122 e. The molecule has 0 spiro atoms. The molecule has 1 aliphatic heterocycles. The van der Waals surface area contributed by atoms with E-state index in [-0.39, 0.29) is 0 Å². The van der Waals surface area contributed by atoms with Crippen LogP contribution in [0.4, 0.5) is 5.69 Å². The first kappa shape index (κ1) is 24.3. The van der Waals surface area contributed by atoms with E-state index in [1.54, 1.807) is 19.5 Å². The molecule has 0 amide bonds. The zero-order valence-corrected chi connectivity index (χ0v) is 19.6. The Hall–Kier alpha value is -3.01. The first-order chi connectivity index (χ1) is 14.8. The van der Waals surface area contributed by atoms with Gasteiger partial charge >= 0.3 is 0 Å². The van der Waals surface area contributed by atoms with Gasteiger partial charge in [0.05, 0.1) is 7.11 Å². The maximum Gasteiger partial charge on any atom is 0.122 e. The Morgan fingerprint density at radius 1 is 1.06 bits per heavy atom. The van der Waals surface area contributed by atoms with Crippen LogP contribution in [0, 0.1) is 13.8 Å². The number of methoxy groups -OCH3 is 1. The number of aromatic nitrogens is 1. The number of hydrogen-bond acceptors (Lipinski definition) is 4. The zero-order chi connectivity index (χ0) is 22.8. The first-order valence-corrected chi connectivity index (χ1v) is 10.9. The summed E-state index contributed by atoms with van der Waals surface area (Å²) in [6, 6.07) is 8.17. The molecule has 0 saturated carbocycles. The molecule has 4 heteroatoms. The second-order valence-electron chi connectivity index (χ2n) is 8.04. The lowest BCUT2D eigenvalue weighted by atomic mass is 10.0. The Balaban J connectivity index is 0.000000221. The molecule has 3 rings (SSSR count). The average Bonchev–Trinajstić information content (AvgIpc) is 2.80. The summed E-state index contributed by atoms with van der Waals surface area (Å²) in [6.45, 7) is 21.0. The van der Waals surface area contributed by atoms with E-state index in [2.05, 4.69) is 60.9 Å². The Labute approximate surface area is 188 Å². The number of ether oxygens (including phenoxy) is 1. The van der Waals surface area contributed by atoms with Crippen molar-refractivity contribution in [2.24, 2.45) is 0 Å². The summed E-state index contributed by atoms with van der Waals surface area (Å²) in [5, 5.41) is 3.16. The van der Waals surface area contributed by atoms with Gasteiger partial charge < -0.3 is 15.0 Å². The van der Waals surface area contributed by atoms with Gasteiger partial charge in [0.2, 0.25) is 0 Å². The number of rotatable bonds is 7. The maximum atomic E-state index is 5.35. The largest absolute Gasteiger partial charge is 0.496 e. The maximum absolute atomic E-state index is 5.35. The predicted molar refractivity (Wildman–Crippen MR) is 134 cm³/mol. The summed E-state index contributed by atoms with van der Waals surface area (Å²) >= 11 is 0. The third-order valence-corrected chi connectivity index (χ3v) is 5.73. The van der Waals surface area contributed by atoms with Crippen molar-refractivity contribution in [1.29, 1.82) is 0 Å². The van der Waals surface area contributed by atoms with Crippen molar-refractivity contribution in [3.05, 3.63) is 84.4 Å². The van der Waals surface area contributed by atoms with Crippen molar-refractivity contribution >= 4 is 11.3 Å². The lowest BCUT2D eigenvalue weighted by Gasteiger charge is -2.31. The van der Waals surface area contributed by atoms with E-state index >= 15 is 0 Å². The zero-order valence-electron chi connectivity index (χ0n) is 19.6. The van der Waals surface area contributed by atoms with Gasteiger partial charge in [0, 0.05) is 43.4 Å². The van der Waals surface area contributed by atoms with Crippen LogP contribution >= 0.6 is 0 Å². The molecule has 0 aliphatic carbocycles. The molecule has 1 aromatic heterocycles. The van der Waals surface area contributed by atoms with Crippen molar-refractivity contribution in [2.75, 3.05) is 31.6 Å². The lowest BCUT2D eigenvalue weighted by molar-refractivity contribution is 0.411. The number of allylic oxidation sites excluding steroid dienone is 1. The van der Waals surface area contributed by atoms with Gasteiger partial charge in [0.15, 0.2) is 0 Å². The summed E-state index contributed by atoms with van der Waals surface area (Å²) in [7, 11) is 1.74. The van der Waals surface area contributed by atoms with Crippen molar-refractivity contribution in [3.8, 4) is 5.75 Å². The van der Waals surface area contributed by atoms with Crippen LogP contribution in [0.3, 0.4) is 0 Å². The van der Waals surface area contributed by atoms with Crippen LogP contribution in [0.25, 0.3) is 5.57 Å². The van der Waals surface area contributed by atoms with Gasteiger partial charge in [0.25, 0.3) is 0 Å². The minimum Gasteiger partial charge on any atom is -0.496 e. The molecule has 0 atom stereocenters. The quantitative estimate of drug-likeness (QED) is 0.552. The molecule has 2 heterocycles. The van der Waals surface area contributed by atoms with Gasteiger partial charge in [0.1, 0.15) is 5.75 Å². The third kappa shape index (κ3) is 7.02. The molecular formula is C27H37N3O. The molecule has 31 heavy (non-hydrogen) atoms. The van der Waals surface area contributed by atoms with Crippen molar-refractivity contribution in [3.63, 3.8) is 0 Å². The van der Waals surface area contributed by atoms with E-state index in [4.69, 9.17) is 4.74 Å². The van der Waals surface area contributed by atoms with Crippen LogP contribution < -0.4 is 15.0 Å². The highest BCUT2D eigenvalue weighted by molar-refractivity contribution is 5.64. The molecule has 2 aromatic rings. The van der Waals surface area contributed by atoms with Gasteiger partial charge in [-0.15, -0.1) is 0 Å². The topological polar surface area (TPSA) is 37.4 Å². The molecule has 166 valence electrons. The van der Waals surface area contributed by atoms with E-state index in [9.17, 15) is 0 Å². The molecule has 0 radical (unpaired) electrons. The Morgan fingerprint density at radius 2 is 1.77 bits per heavy atom. The van der Waals surface area contributed by atoms with Crippen molar-refractivity contribution in [2.45, 2.75) is 40.0 Å². The van der Waals surface area contributed by atoms with E-state index in [0.717, 1.165) is 28.2 Å². The summed E-state index contributed by atoms with van der Waals surface area (Å²) in [5.74, 6) is 0.998. The second-order valence-corrected chi connectivity index (χ2v) is 8.04. The number of piperidine rings is 1. The first-order valence-electron chi connectivity index (χ1n) is 10.9. The van der Waals surface area contributed by atoms with Gasteiger partial charge in [-0.1, -0.05) is 25.8 Å². The monoisotopic (exact) mass is 419 g/mol. The van der Waals surface area contributed by atoms with Crippen LogP contribution in [0.5, 0.6) is 5.75 Å². The Morgan fingerprint density at radius 3 is 2.35 bits per heavy atom. The molecule has 1 N–H and O–H groups in total. The number of nitrogens with one attached hydrogen (secondary N) is 1. The predicted octanol–water partition coefficient (Wildman–Crippen LogP) is 6.08. The van der Waals surface area contributed by atoms with Gasteiger partial charge in [-0.05, 0) is 86.1 Å². The highest BCUT2D eigenvalue weighted by Crippen LogP contribution is 2.31. The number of benzene rings is 1. The molecule has 1 aliphatic rings. The number of anilines is 1. The summed E-state index contributed by atoms with van der Waals surface area (Å²) in [4.78, 5) is 6.54. The summed E-state index contributed by atoms with van der Waals surface area (Å²) in [5.41, 5.74) is 7.84. The highest BCUT2D eigenvalue weighted by atomic mass is 16.5. The standard InChI is InChI=1S/C14H21NO.C13H16N2/c1-11-12(2)14(16-3)8-7-13(11)15-9-5-4-6-10-15;1-10(2)12(4)15-8-11(3)13-6-5-7-14-9-13/h7-8H,4-6,9-10H2,1-3H3;5-7,9,15H,1,3-4,8H2,2H3. The fourth-order valence-electron chi connectivity index (χ4n) is 3.52. The van der Waals surface area contributed by atoms with Crippen LogP contribution in [-0.4, -0.2) is 31.7 Å². The summed E-state index contributed by atoms with van der Waals surface area (Å²) < 4.78 is 5.35. The minimum atomic E-state index is 0.664. The molecule has 1 aromatic carbocycles. The van der Waals surface area contributed by atoms with Gasteiger partial charge in [-0.25, -0.2) is 0 Å². The molecule has 0 bridgehead atoms. The van der Waals surface area contributed by atoms with E-state index < -0.39 is 0 Å². The molecular weight excluding hydrogens is 382 g/mol. The normalized spacial score (nSPS) is 13.0. The third-order valence-electron chi connectivity index (χ3n) is 5.73. The Bertz CT molecular complexity index is 896. The van der Waals surface area contributed by atoms with Crippen LogP contribution in [0.15, 0.2) is 67.7 Å².